The minimum Gasteiger partial charge on any atom is -0.493 e. The third-order valence-corrected chi connectivity index (χ3v) is 9.26. The second-order valence-electron chi connectivity index (χ2n) is 7.11. The summed E-state index contributed by atoms with van der Waals surface area (Å²) in [7, 11) is -4.62. The largest absolute Gasteiger partial charge is 0.493 e. The van der Waals surface area contributed by atoms with Crippen molar-refractivity contribution < 1.29 is 30.7 Å². The van der Waals surface area contributed by atoms with Gasteiger partial charge in [0.25, 0.3) is 0 Å². The molecule has 30 heavy (non-hydrogen) atoms. The number of hydrogen-bond donors (Lipinski definition) is 1. The fraction of sp³-hybridized carbons (Fsp3) is 0.400. The summed E-state index contributed by atoms with van der Waals surface area (Å²) in [4.78, 5) is -0.0208. The zero-order chi connectivity index (χ0) is 21.9. The van der Waals surface area contributed by atoms with Gasteiger partial charge in [-0.3, -0.25) is 0 Å². The average molecular weight is 458 g/mol. The lowest BCUT2D eigenvalue weighted by Gasteiger charge is -2.20. The van der Waals surface area contributed by atoms with Crippen molar-refractivity contribution in [1.29, 1.82) is 0 Å². The number of halogens is 1. The van der Waals surface area contributed by atoms with E-state index in [2.05, 4.69) is 5.32 Å². The third-order valence-electron chi connectivity index (χ3n) is 5.12. The minimum atomic E-state index is -3.94. The van der Waals surface area contributed by atoms with Gasteiger partial charge in [-0.1, -0.05) is 12.1 Å². The molecule has 0 bridgehead atoms. The molecule has 0 aromatic heterocycles. The van der Waals surface area contributed by atoms with Gasteiger partial charge in [0, 0.05) is 12.1 Å². The fourth-order valence-electron chi connectivity index (χ4n) is 3.53. The monoisotopic (exact) mass is 457 g/mol. The van der Waals surface area contributed by atoms with E-state index in [4.69, 9.17) is 9.47 Å². The van der Waals surface area contributed by atoms with Crippen LogP contribution in [-0.2, 0) is 26.1 Å². The molecule has 0 spiro atoms. The van der Waals surface area contributed by atoms with Crippen LogP contribution in [0, 0.1) is 5.82 Å². The van der Waals surface area contributed by atoms with E-state index < -0.39 is 36.7 Å². The molecule has 164 valence electrons. The molecule has 2 aromatic carbocycles. The molecule has 2 aromatic rings. The molecule has 1 N–H and O–H groups in total. The molecule has 0 aliphatic carbocycles. The first-order valence-electron chi connectivity index (χ1n) is 9.30. The Labute approximate surface area is 176 Å². The van der Waals surface area contributed by atoms with Crippen molar-refractivity contribution in [2.24, 2.45) is 0 Å². The van der Waals surface area contributed by atoms with E-state index in [0.717, 1.165) is 5.56 Å². The summed E-state index contributed by atoms with van der Waals surface area (Å²) < 4.78 is 74.3. The van der Waals surface area contributed by atoms with E-state index >= 15 is 0 Å². The topological polar surface area (TPSA) is 98.8 Å². The van der Waals surface area contributed by atoms with Crippen LogP contribution in [0.25, 0.3) is 0 Å². The molecule has 0 unspecified atom stereocenters. The van der Waals surface area contributed by atoms with Gasteiger partial charge in [-0.2, -0.15) is 0 Å². The van der Waals surface area contributed by atoms with Gasteiger partial charge in [-0.25, -0.2) is 21.2 Å². The number of hydrogen-bond acceptors (Lipinski definition) is 7. The zero-order valence-electron chi connectivity index (χ0n) is 16.7. The number of sulfone groups is 2. The molecule has 1 aliphatic heterocycles. The SMILES string of the molecule is COc1ccc(S(=O)(=O)[C@H]2CS(=O)(=O)C[C@@H]2NCCc2ccc(F)cc2)cc1OC. The molecule has 10 heteroatoms. The first-order valence-corrected chi connectivity index (χ1v) is 12.7. The van der Waals surface area contributed by atoms with Gasteiger partial charge >= 0.3 is 0 Å². The van der Waals surface area contributed by atoms with Crippen molar-refractivity contribution in [3.63, 3.8) is 0 Å². The molecule has 0 saturated carbocycles. The van der Waals surface area contributed by atoms with Crippen molar-refractivity contribution in [2.45, 2.75) is 22.6 Å². The van der Waals surface area contributed by atoms with E-state index in [1.54, 1.807) is 12.1 Å². The van der Waals surface area contributed by atoms with Crippen LogP contribution in [0.15, 0.2) is 47.4 Å². The molecule has 1 aliphatic rings. The lowest BCUT2D eigenvalue weighted by atomic mass is 10.1. The number of benzene rings is 2. The van der Waals surface area contributed by atoms with E-state index in [1.807, 2.05) is 0 Å². The van der Waals surface area contributed by atoms with Crippen LogP contribution in [0.3, 0.4) is 0 Å². The quantitative estimate of drug-likeness (QED) is 0.643. The highest BCUT2D eigenvalue weighted by molar-refractivity contribution is 7.96. The summed E-state index contributed by atoms with van der Waals surface area (Å²) in [6.45, 7) is 0.365. The minimum absolute atomic E-state index is 0.0208. The van der Waals surface area contributed by atoms with Gasteiger partial charge in [-0.05, 0) is 42.8 Å². The van der Waals surface area contributed by atoms with Crippen molar-refractivity contribution >= 4 is 19.7 Å². The van der Waals surface area contributed by atoms with Gasteiger partial charge < -0.3 is 14.8 Å². The molecule has 2 atom stereocenters. The second kappa shape index (κ2) is 8.91. The number of rotatable bonds is 8. The van der Waals surface area contributed by atoms with E-state index in [1.165, 1.54) is 44.6 Å². The van der Waals surface area contributed by atoms with Gasteiger partial charge in [0.15, 0.2) is 31.2 Å². The summed E-state index contributed by atoms with van der Waals surface area (Å²) in [5.74, 6) is -0.412. The van der Waals surface area contributed by atoms with Crippen molar-refractivity contribution in [1.82, 2.24) is 5.32 Å². The molecule has 0 radical (unpaired) electrons. The zero-order valence-corrected chi connectivity index (χ0v) is 18.3. The van der Waals surface area contributed by atoms with Gasteiger partial charge in [0.05, 0.1) is 35.9 Å². The van der Waals surface area contributed by atoms with Crippen LogP contribution in [0.4, 0.5) is 4.39 Å². The Morgan fingerprint density at radius 3 is 2.33 bits per heavy atom. The number of methoxy groups -OCH3 is 2. The van der Waals surface area contributed by atoms with Crippen LogP contribution >= 0.6 is 0 Å². The Kier molecular flexibility index (Phi) is 6.68. The highest BCUT2D eigenvalue weighted by atomic mass is 32.2. The molecular formula is C20H24FNO6S2. The van der Waals surface area contributed by atoms with E-state index in [-0.39, 0.29) is 22.2 Å². The summed E-state index contributed by atoms with van der Waals surface area (Å²) in [5, 5.41) is 1.95. The highest BCUT2D eigenvalue weighted by Crippen LogP contribution is 2.33. The van der Waals surface area contributed by atoms with E-state index in [0.29, 0.717) is 18.7 Å². The second-order valence-corrected chi connectivity index (χ2v) is 11.4. The standard InChI is InChI=1S/C20H24FNO6S2/c1-27-18-8-7-16(11-19(18)28-2)30(25,26)20-13-29(23,24)12-17(20)22-10-9-14-3-5-15(21)6-4-14/h3-8,11,17,20,22H,9-10,12-13H2,1-2H3/t17-,20-/m0/s1. The molecule has 3 rings (SSSR count). The number of nitrogens with one attached hydrogen (secondary N) is 1. The summed E-state index contributed by atoms with van der Waals surface area (Å²) in [6.07, 6.45) is 0.514. The Morgan fingerprint density at radius 1 is 1.03 bits per heavy atom. The van der Waals surface area contributed by atoms with Crippen LogP contribution in [0.2, 0.25) is 0 Å². The molecule has 1 saturated heterocycles. The average Bonchev–Trinajstić information content (AvgIpc) is 3.04. The van der Waals surface area contributed by atoms with Gasteiger partial charge in [-0.15, -0.1) is 0 Å². The lowest BCUT2D eigenvalue weighted by Crippen LogP contribution is -2.44. The predicted octanol–water partition coefficient (Wildman–Crippen LogP) is 1.61. The normalized spacial score (nSPS) is 20.8. The maximum atomic E-state index is 13.2. The first kappa shape index (κ1) is 22.5. The third kappa shape index (κ3) is 4.93. The summed E-state index contributed by atoms with van der Waals surface area (Å²) in [6, 6.07) is 9.44. The smallest absolute Gasteiger partial charge is 0.183 e. The maximum Gasteiger partial charge on any atom is 0.183 e. The van der Waals surface area contributed by atoms with Crippen molar-refractivity contribution in [2.75, 3.05) is 32.3 Å². The maximum absolute atomic E-state index is 13.2. The predicted molar refractivity (Wildman–Crippen MR) is 111 cm³/mol. The molecule has 1 fully saturated rings. The van der Waals surface area contributed by atoms with Crippen LogP contribution in [-0.4, -0.2) is 60.4 Å². The molecular weight excluding hydrogens is 433 g/mol. The van der Waals surface area contributed by atoms with Crippen LogP contribution in [0.5, 0.6) is 11.5 Å². The number of ether oxygens (including phenoxy) is 2. The molecule has 7 nitrogen and oxygen atoms in total. The molecule has 0 amide bonds. The van der Waals surface area contributed by atoms with Crippen molar-refractivity contribution in [3.05, 3.63) is 53.8 Å². The Hall–Kier alpha value is -2.17. The first-order chi connectivity index (χ1) is 14.2. The van der Waals surface area contributed by atoms with Crippen LogP contribution in [0.1, 0.15) is 5.56 Å². The summed E-state index contributed by atoms with van der Waals surface area (Å²) >= 11 is 0. The molecule has 1 heterocycles. The summed E-state index contributed by atoms with van der Waals surface area (Å²) in [5.41, 5.74) is 0.865. The Bertz CT molecular complexity index is 1100. The fourth-order valence-corrected chi connectivity index (χ4v) is 8.26. The van der Waals surface area contributed by atoms with Gasteiger partial charge in [0.2, 0.25) is 0 Å². The van der Waals surface area contributed by atoms with E-state index in [9.17, 15) is 21.2 Å². The van der Waals surface area contributed by atoms with Crippen LogP contribution < -0.4 is 14.8 Å². The Balaban J connectivity index is 1.79. The Morgan fingerprint density at radius 2 is 1.70 bits per heavy atom. The highest BCUT2D eigenvalue weighted by Gasteiger charge is 2.45. The van der Waals surface area contributed by atoms with Crippen molar-refractivity contribution in [3.8, 4) is 11.5 Å². The van der Waals surface area contributed by atoms with Gasteiger partial charge in [0.1, 0.15) is 5.82 Å². The lowest BCUT2D eigenvalue weighted by molar-refractivity contribution is 0.354.